The lowest BCUT2D eigenvalue weighted by Crippen LogP contribution is -2.32. The van der Waals surface area contributed by atoms with Gasteiger partial charge in [-0.2, -0.15) is 0 Å². The number of furan rings is 1. The summed E-state index contributed by atoms with van der Waals surface area (Å²) in [6, 6.07) is 77.0. The van der Waals surface area contributed by atoms with Gasteiger partial charge in [0.2, 0.25) is 0 Å². The molecule has 0 saturated heterocycles. The summed E-state index contributed by atoms with van der Waals surface area (Å²) in [5, 5.41) is 4.74. The number of hydrogen-bond acceptors (Lipinski definition) is 3. The summed E-state index contributed by atoms with van der Waals surface area (Å²) in [5.74, 6) is 0. The van der Waals surface area contributed by atoms with Crippen molar-refractivity contribution in [1.82, 2.24) is 0 Å². The second kappa shape index (κ2) is 14.4. The monoisotopic (exact) mass is 846 g/mol. The smallest absolute Gasteiger partial charge is 0.143 e. The standard InChI is InChI=1S/C63H46N2O/c1-39-15-23-44(24-16-39)64(45-25-17-40(2)18-26-45)48-31-33-50-51-34-32-49(65(46-27-19-41(3)20-28-46)47-29-21-42(4)22-30-47)38-58(51)63(57(50)37-48)55-13-8-10-43-9-7-12-54(60(43)55)61-56(63)36-35-53-52-11-5-6-14-59(52)66-62(53)61/h5-38H,1-4H3. The van der Waals surface area contributed by atoms with Gasteiger partial charge in [0.25, 0.3) is 0 Å². The van der Waals surface area contributed by atoms with Gasteiger partial charge in [0.05, 0.1) is 5.41 Å². The maximum atomic E-state index is 7.05. The predicted molar refractivity (Wildman–Crippen MR) is 276 cm³/mol. The second-order valence-corrected chi connectivity index (χ2v) is 18.4. The van der Waals surface area contributed by atoms with Gasteiger partial charge in [0.15, 0.2) is 0 Å². The Morgan fingerprint density at radius 2 is 0.818 bits per heavy atom. The molecule has 1 aromatic heterocycles. The molecule has 0 bridgehead atoms. The molecule has 0 radical (unpaired) electrons. The van der Waals surface area contributed by atoms with Crippen molar-refractivity contribution in [3.05, 3.63) is 251 Å². The topological polar surface area (TPSA) is 19.6 Å². The van der Waals surface area contributed by atoms with Crippen molar-refractivity contribution >= 4 is 66.8 Å². The third kappa shape index (κ3) is 5.56. The van der Waals surface area contributed by atoms with Crippen LogP contribution in [0, 0.1) is 27.7 Å². The number of aryl methyl sites for hydroxylation is 4. The van der Waals surface area contributed by atoms with Crippen LogP contribution in [0.1, 0.15) is 44.5 Å². The molecule has 0 aliphatic heterocycles. The van der Waals surface area contributed by atoms with Crippen molar-refractivity contribution in [2.45, 2.75) is 33.1 Å². The first kappa shape index (κ1) is 38.3. The second-order valence-electron chi connectivity index (χ2n) is 18.4. The fraction of sp³-hybridized carbons (Fsp3) is 0.0794. The van der Waals surface area contributed by atoms with Gasteiger partial charge in [-0.15, -0.1) is 0 Å². The highest BCUT2D eigenvalue weighted by molar-refractivity contribution is 6.17. The van der Waals surface area contributed by atoms with E-state index < -0.39 is 5.41 Å². The molecule has 3 heteroatoms. The van der Waals surface area contributed by atoms with Gasteiger partial charge in [-0.25, -0.2) is 0 Å². The molecule has 10 aromatic carbocycles. The van der Waals surface area contributed by atoms with E-state index in [1.807, 2.05) is 0 Å². The minimum absolute atomic E-state index is 0.731. The molecule has 314 valence electrons. The molecule has 1 spiro atoms. The Bertz CT molecular complexity index is 3490. The highest BCUT2D eigenvalue weighted by atomic mass is 16.3. The third-order valence-corrected chi connectivity index (χ3v) is 14.3. The van der Waals surface area contributed by atoms with Crippen LogP contribution in [0.5, 0.6) is 0 Å². The number of hydrogen-bond donors (Lipinski definition) is 0. The Hall–Kier alpha value is -8.14. The molecule has 0 atom stereocenters. The van der Waals surface area contributed by atoms with Gasteiger partial charge in [-0.05, 0) is 156 Å². The van der Waals surface area contributed by atoms with E-state index in [-0.39, 0.29) is 0 Å². The van der Waals surface area contributed by atoms with E-state index in [0.717, 1.165) is 61.6 Å². The van der Waals surface area contributed by atoms with E-state index in [0.29, 0.717) is 0 Å². The summed E-state index contributed by atoms with van der Waals surface area (Å²) in [6.45, 7) is 8.62. The fourth-order valence-electron chi connectivity index (χ4n) is 11.2. The van der Waals surface area contributed by atoms with Crippen LogP contribution in [0.15, 0.2) is 211 Å². The largest absolute Gasteiger partial charge is 0.455 e. The molecule has 0 unspecified atom stereocenters. The fourth-order valence-corrected chi connectivity index (χ4v) is 11.2. The summed E-state index contributed by atoms with van der Waals surface area (Å²) >= 11 is 0. The predicted octanol–water partition coefficient (Wildman–Crippen LogP) is 17.3. The van der Waals surface area contributed by atoms with Crippen LogP contribution in [-0.4, -0.2) is 0 Å². The van der Waals surface area contributed by atoms with Crippen molar-refractivity contribution in [1.29, 1.82) is 0 Å². The quantitative estimate of drug-likeness (QED) is 0.166. The molecule has 13 rings (SSSR count). The molecule has 0 N–H and O–H groups in total. The number of nitrogens with zero attached hydrogens (tertiary/aromatic N) is 2. The number of benzene rings is 10. The Balaban J connectivity index is 1.16. The van der Waals surface area contributed by atoms with E-state index >= 15 is 0 Å². The molecule has 0 saturated carbocycles. The molecule has 0 amide bonds. The first-order valence-electron chi connectivity index (χ1n) is 23.0. The first-order chi connectivity index (χ1) is 32.3. The van der Waals surface area contributed by atoms with Crippen LogP contribution >= 0.6 is 0 Å². The van der Waals surface area contributed by atoms with E-state index in [4.69, 9.17) is 4.42 Å². The third-order valence-electron chi connectivity index (χ3n) is 14.3. The average molecular weight is 847 g/mol. The van der Waals surface area contributed by atoms with Crippen LogP contribution in [0.4, 0.5) is 34.1 Å². The lowest BCUT2D eigenvalue weighted by Gasteiger charge is -2.40. The van der Waals surface area contributed by atoms with E-state index in [2.05, 4.69) is 244 Å². The van der Waals surface area contributed by atoms with Gasteiger partial charge in [-0.3, -0.25) is 0 Å². The summed E-state index contributed by atoms with van der Waals surface area (Å²) in [7, 11) is 0. The number of anilines is 6. The van der Waals surface area contributed by atoms with Crippen molar-refractivity contribution in [3.8, 4) is 22.3 Å². The van der Waals surface area contributed by atoms with E-state index in [1.165, 1.54) is 72.0 Å². The summed E-state index contributed by atoms with van der Waals surface area (Å²) in [5.41, 5.74) is 22.5. The normalized spacial score (nSPS) is 13.0. The maximum Gasteiger partial charge on any atom is 0.143 e. The van der Waals surface area contributed by atoms with Crippen LogP contribution in [0.3, 0.4) is 0 Å². The maximum absolute atomic E-state index is 7.05. The number of para-hydroxylation sites is 1. The van der Waals surface area contributed by atoms with E-state index in [1.54, 1.807) is 0 Å². The molecule has 66 heavy (non-hydrogen) atoms. The Morgan fingerprint density at radius 3 is 1.33 bits per heavy atom. The molecular formula is C63H46N2O. The minimum atomic E-state index is -0.731. The van der Waals surface area contributed by atoms with Gasteiger partial charge >= 0.3 is 0 Å². The molecule has 1 heterocycles. The highest BCUT2D eigenvalue weighted by Gasteiger charge is 2.51. The molecular weight excluding hydrogens is 801 g/mol. The lowest BCUT2D eigenvalue weighted by atomic mass is 9.61. The lowest BCUT2D eigenvalue weighted by molar-refractivity contribution is 0.667. The summed E-state index contributed by atoms with van der Waals surface area (Å²) in [4.78, 5) is 4.83. The van der Waals surface area contributed by atoms with Crippen molar-refractivity contribution < 1.29 is 4.42 Å². The van der Waals surface area contributed by atoms with Crippen molar-refractivity contribution in [2.75, 3.05) is 9.80 Å². The highest BCUT2D eigenvalue weighted by Crippen LogP contribution is 2.64. The zero-order valence-corrected chi connectivity index (χ0v) is 37.4. The SMILES string of the molecule is Cc1ccc(N(c2ccc(C)cc2)c2ccc3c(c2)C2(c4cc(N(c5ccc(C)cc5)c5ccc(C)cc5)ccc4-3)c3ccc4c(oc5ccccc54)c3-c3cccc4cccc2c34)cc1. The van der Waals surface area contributed by atoms with Gasteiger partial charge in [-0.1, -0.05) is 150 Å². The number of fused-ring (bicyclic) bond motifs is 13. The van der Waals surface area contributed by atoms with E-state index in [9.17, 15) is 0 Å². The van der Waals surface area contributed by atoms with Gasteiger partial charge in [0.1, 0.15) is 11.2 Å². The zero-order chi connectivity index (χ0) is 44.3. The average Bonchev–Trinajstić information content (AvgIpc) is 3.86. The first-order valence-corrected chi connectivity index (χ1v) is 23.0. The van der Waals surface area contributed by atoms with Crippen molar-refractivity contribution in [2.24, 2.45) is 0 Å². The molecule has 3 nitrogen and oxygen atoms in total. The van der Waals surface area contributed by atoms with Crippen molar-refractivity contribution in [3.63, 3.8) is 0 Å². The van der Waals surface area contributed by atoms with Gasteiger partial charge in [0, 0.05) is 50.5 Å². The van der Waals surface area contributed by atoms with Crippen LogP contribution < -0.4 is 9.80 Å². The van der Waals surface area contributed by atoms with Crippen LogP contribution in [0.25, 0.3) is 55.0 Å². The summed E-state index contributed by atoms with van der Waals surface area (Å²) in [6.07, 6.45) is 0. The molecule has 2 aliphatic carbocycles. The summed E-state index contributed by atoms with van der Waals surface area (Å²) < 4.78 is 7.05. The Kier molecular flexibility index (Phi) is 8.38. The number of rotatable bonds is 6. The molecule has 2 aliphatic rings. The Labute approximate surface area is 385 Å². The van der Waals surface area contributed by atoms with Crippen LogP contribution in [0.2, 0.25) is 0 Å². The minimum Gasteiger partial charge on any atom is -0.455 e. The molecule has 0 fully saturated rings. The Morgan fingerprint density at radius 1 is 0.348 bits per heavy atom. The zero-order valence-electron chi connectivity index (χ0n) is 37.4. The van der Waals surface area contributed by atoms with Crippen LogP contribution in [-0.2, 0) is 5.41 Å². The molecule has 11 aromatic rings. The van der Waals surface area contributed by atoms with Gasteiger partial charge < -0.3 is 14.2 Å².